The second kappa shape index (κ2) is 4.29. The van der Waals surface area contributed by atoms with Gasteiger partial charge in [0.1, 0.15) is 5.82 Å². The zero-order valence-electron chi connectivity index (χ0n) is 8.73. The SMILES string of the molecule is CB(O)N1CCC(c2ccc(F)cn2)C1. The molecule has 0 aromatic carbocycles. The van der Waals surface area contributed by atoms with Gasteiger partial charge in [-0.15, -0.1) is 0 Å². The first-order valence-electron chi connectivity index (χ1n) is 5.20. The maximum absolute atomic E-state index is 12.7. The fraction of sp³-hybridized carbons (Fsp3) is 0.500. The third-order valence-electron chi connectivity index (χ3n) is 2.92. The molecule has 1 aliphatic heterocycles. The van der Waals surface area contributed by atoms with Crippen LogP contribution in [0.3, 0.4) is 0 Å². The predicted octanol–water partition coefficient (Wildman–Crippen LogP) is 1.12. The fourth-order valence-electron chi connectivity index (χ4n) is 2.00. The molecule has 80 valence electrons. The molecule has 0 amide bonds. The average Bonchev–Trinajstić information content (AvgIpc) is 2.68. The summed E-state index contributed by atoms with van der Waals surface area (Å²) in [7, 11) is -0.407. The molecule has 15 heavy (non-hydrogen) atoms. The van der Waals surface area contributed by atoms with E-state index in [4.69, 9.17) is 0 Å². The van der Waals surface area contributed by atoms with E-state index < -0.39 is 7.05 Å². The number of halogens is 1. The lowest BCUT2D eigenvalue weighted by Gasteiger charge is -2.15. The number of rotatable bonds is 2. The molecule has 1 aromatic rings. The molecular formula is C10H14BFN2O. The van der Waals surface area contributed by atoms with Gasteiger partial charge in [-0.05, 0) is 38.5 Å². The summed E-state index contributed by atoms with van der Waals surface area (Å²) < 4.78 is 12.7. The van der Waals surface area contributed by atoms with E-state index in [-0.39, 0.29) is 5.82 Å². The molecule has 1 saturated heterocycles. The Hall–Kier alpha value is -0.935. The van der Waals surface area contributed by atoms with Gasteiger partial charge in [0.15, 0.2) is 0 Å². The quantitative estimate of drug-likeness (QED) is 0.739. The van der Waals surface area contributed by atoms with Crippen LogP contribution in [0.5, 0.6) is 0 Å². The average molecular weight is 208 g/mol. The van der Waals surface area contributed by atoms with E-state index in [2.05, 4.69) is 4.98 Å². The normalized spacial score (nSPS) is 21.9. The van der Waals surface area contributed by atoms with Crippen molar-refractivity contribution >= 4 is 7.05 Å². The summed E-state index contributed by atoms with van der Waals surface area (Å²) >= 11 is 0. The van der Waals surface area contributed by atoms with E-state index >= 15 is 0 Å². The number of aromatic nitrogens is 1. The second-order valence-corrected chi connectivity index (χ2v) is 4.01. The number of hydrogen-bond acceptors (Lipinski definition) is 3. The lowest BCUT2D eigenvalue weighted by atomic mass is 9.86. The van der Waals surface area contributed by atoms with Crippen molar-refractivity contribution in [1.29, 1.82) is 0 Å². The van der Waals surface area contributed by atoms with Crippen LogP contribution in [-0.2, 0) is 0 Å². The van der Waals surface area contributed by atoms with E-state index in [0.717, 1.165) is 25.2 Å². The molecule has 0 bridgehead atoms. The highest BCUT2D eigenvalue weighted by atomic mass is 19.1. The summed E-state index contributed by atoms with van der Waals surface area (Å²) in [6, 6.07) is 3.17. The Kier molecular flexibility index (Phi) is 3.02. The third-order valence-corrected chi connectivity index (χ3v) is 2.92. The highest BCUT2D eigenvalue weighted by molar-refractivity contribution is 6.45. The van der Waals surface area contributed by atoms with Crippen molar-refractivity contribution < 1.29 is 9.41 Å². The second-order valence-electron chi connectivity index (χ2n) is 4.01. The van der Waals surface area contributed by atoms with Gasteiger partial charge in [0, 0.05) is 11.6 Å². The Labute approximate surface area is 89.1 Å². The topological polar surface area (TPSA) is 36.4 Å². The molecule has 0 spiro atoms. The van der Waals surface area contributed by atoms with Crippen LogP contribution in [-0.4, -0.2) is 35.0 Å². The van der Waals surface area contributed by atoms with Crippen molar-refractivity contribution in [3.05, 3.63) is 29.8 Å². The van der Waals surface area contributed by atoms with E-state index in [9.17, 15) is 9.41 Å². The standard InChI is InChI=1S/C10H14BFN2O/c1-11(15)14-5-4-8(7-14)10-3-2-9(12)6-13-10/h2-3,6,8,15H,4-5,7H2,1H3. The molecule has 1 aromatic heterocycles. The van der Waals surface area contributed by atoms with Crippen LogP contribution in [0.15, 0.2) is 18.3 Å². The predicted molar refractivity (Wildman–Crippen MR) is 57.0 cm³/mol. The van der Waals surface area contributed by atoms with E-state index in [0.29, 0.717) is 5.92 Å². The van der Waals surface area contributed by atoms with Crippen molar-refractivity contribution in [2.24, 2.45) is 0 Å². The molecule has 1 atom stereocenters. The molecule has 0 radical (unpaired) electrons. The van der Waals surface area contributed by atoms with E-state index in [1.165, 1.54) is 12.3 Å². The van der Waals surface area contributed by atoms with Crippen LogP contribution in [0.4, 0.5) is 4.39 Å². The first kappa shape index (κ1) is 10.6. The van der Waals surface area contributed by atoms with Crippen molar-refractivity contribution in [1.82, 2.24) is 9.79 Å². The van der Waals surface area contributed by atoms with Crippen molar-refractivity contribution in [3.63, 3.8) is 0 Å². The van der Waals surface area contributed by atoms with Gasteiger partial charge < -0.3 is 9.83 Å². The maximum atomic E-state index is 12.7. The van der Waals surface area contributed by atoms with E-state index in [1.807, 2.05) is 4.81 Å². The highest BCUT2D eigenvalue weighted by Gasteiger charge is 2.28. The molecule has 3 nitrogen and oxygen atoms in total. The van der Waals surface area contributed by atoms with Gasteiger partial charge in [-0.1, -0.05) is 0 Å². The van der Waals surface area contributed by atoms with Crippen LogP contribution in [0.25, 0.3) is 0 Å². The molecule has 5 heteroatoms. The zero-order chi connectivity index (χ0) is 10.8. The molecule has 1 N–H and O–H groups in total. The molecule has 1 unspecified atom stereocenters. The fourth-order valence-corrected chi connectivity index (χ4v) is 2.00. The van der Waals surface area contributed by atoms with Gasteiger partial charge in [0.05, 0.1) is 6.20 Å². The van der Waals surface area contributed by atoms with Crippen LogP contribution in [0, 0.1) is 5.82 Å². The maximum Gasteiger partial charge on any atom is 0.376 e. The van der Waals surface area contributed by atoms with Crippen LogP contribution < -0.4 is 0 Å². The zero-order valence-corrected chi connectivity index (χ0v) is 8.73. The van der Waals surface area contributed by atoms with Gasteiger partial charge in [-0.3, -0.25) is 4.98 Å². The summed E-state index contributed by atoms with van der Waals surface area (Å²) in [6.45, 7) is 3.44. The molecule has 0 saturated carbocycles. The van der Waals surface area contributed by atoms with Crippen molar-refractivity contribution in [2.75, 3.05) is 13.1 Å². The minimum absolute atomic E-state index is 0.302. The monoisotopic (exact) mass is 208 g/mol. The molecule has 1 fully saturated rings. The largest absolute Gasteiger partial charge is 0.437 e. The summed E-state index contributed by atoms with van der Waals surface area (Å²) in [5.41, 5.74) is 0.916. The smallest absolute Gasteiger partial charge is 0.376 e. The lowest BCUT2D eigenvalue weighted by Crippen LogP contribution is -2.34. The number of pyridine rings is 1. The van der Waals surface area contributed by atoms with Crippen LogP contribution >= 0.6 is 0 Å². The van der Waals surface area contributed by atoms with Gasteiger partial charge in [-0.25, -0.2) is 4.39 Å². The minimum atomic E-state index is -0.407. The molecular weight excluding hydrogens is 194 g/mol. The van der Waals surface area contributed by atoms with Gasteiger partial charge >= 0.3 is 7.05 Å². The number of nitrogens with zero attached hydrogens (tertiary/aromatic N) is 2. The molecule has 2 heterocycles. The Morgan fingerprint density at radius 2 is 2.40 bits per heavy atom. The third kappa shape index (κ3) is 2.35. The van der Waals surface area contributed by atoms with Gasteiger partial charge in [0.2, 0.25) is 0 Å². The highest BCUT2D eigenvalue weighted by Crippen LogP contribution is 2.25. The Morgan fingerprint density at radius 3 is 2.93 bits per heavy atom. The first-order chi connectivity index (χ1) is 7.16. The molecule has 1 aliphatic rings. The first-order valence-corrected chi connectivity index (χ1v) is 5.20. The summed E-state index contributed by atoms with van der Waals surface area (Å²) in [4.78, 5) is 6.07. The van der Waals surface area contributed by atoms with Crippen LogP contribution in [0.1, 0.15) is 18.0 Å². The van der Waals surface area contributed by atoms with Gasteiger partial charge in [-0.2, -0.15) is 0 Å². The van der Waals surface area contributed by atoms with E-state index in [1.54, 1.807) is 12.9 Å². The Bertz CT molecular complexity index is 331. The van der Waals surface area contributed by atoms with Crippen molar-refractivity contribution in [2.45, 2.75) is 19.2 Å². The Balaban J connectivity index is 2.04. The van der Waals surface area contributed by atoms with Crippen LogP contribution in [0.2, 0.25) is 6.82 Å². The summed E-state index contributed by atoms with van der Waals surface area (Å²) in [5, 5.41) is 9.41. The Morgan fingerprint density at radius 1 is 1.60 bits per heavy atom. The lowest BCUT2D eigenvalue weighted by molar-refractivity contribution is 0.420. The summed E-state index contributed by atoms with van der Waals surface area (Å²) in [6.07, 6.45) is 2.23. The molecule has 2 rings (SSSR count). The minimum Gasteiger partial charge on any atom is -0.437 e. The molecule has 0 aliphatic carbocycles. The van der Waals surface area contributed by atoms with Crippen molar-refractivity contribution in [3.8, 4) is 0 Å². The van der Waals surface area contributed by atoms with Gasteiger partial charge in [0.25, 0.3) is 0 Å². The summed E-state index contributed by atoms with van der Waals surface area (Å²) in [5.74, 6) is 0.0179. The number of hydrogen-bond donors (Lipinski definition) is 1.